The lowest BCUT2D eigenvalue weighted by atomic mass is 9.60. The summed E-state index contributed by atoms with van der Waals surface area (Å²) in [4.78, 5) is 26.7. The molecule has 2 aromatic rings. The molecule has 1 aromatic carbocycles. The number of nitrogens with zero attached hydrogens (tertiary/aromatic N) is 3. The number of hydrogen-bond donors (Lipinski definition) is 2. The van der Waals surface area contributed by atoms with E-state index in [0.717, 1.165) is 42.3 Å². The Balaban J connectivity index is 1.10. The second-order valence-corrected chi connectivity index (χ2v) is 9.46. The van der Waals surface area contributed by atoms with Gasteiger partial charge in [0.25, 0.3) is 5.91 Å². The van der Waals surface area contributed by atoms with E-state index in [9.17, 15) is 22.8 Å². The Morgan fingerprint density at radius 3 is 2.74 bits per heavy atom. The summed E-state index contributed by atoms with van der Waals surface area (Å²) in [5.41, 5.74) is -0.0393. The molecular formula is C20H20F3N5O2S. The molecule has 1 spiro atoms. The third-order valence-corrected chi connectivity index (χ3v) is 7.14. The number of amides is 3. The minimum absolute atomic E-state index is 0.0000244. The zero-order valence-electron chi connectivity index (χ0n) is 16.4. The van der Waals surface area contributed by atoms with Crippen LogP contribution in [0.15, 0.2) is 35.5 Å². The predicted octanol–water partition coefficient (Wildman–Crippen LogP) is 3.43. The van der Waals surface area contributed by atoms with Crippen molar-refractivity contribution in [1.82, 2.24) is 20.0 Å². The van der Waals surface area contributed by atoms with Crippen molar-refractivity contribution in [3.8, 4) is 0 Å². The zero-order valence-corrected chi connectivity index (χ0v) is 17.2. The molecule has 1 aliphatic carbocycles. The number of fused-ring (bicyclic) bond motifs is 1. The molecule has 7 nitrogen and oxygen atoms in total. The smallest absolute Gasteiger partial charge is 0.337 e. The van der Waals surface area contributed by atoms with Crippen LogP contribution in [0.1, 0.15) is 28.8 Å². The monoisotopic (exact) mass is 451 g/mol. The van der Waals surface area contributed by atoms with Crippen molar-refractivity contribution in [1.29, 1.82) is 0 Å². The Morgan fingerprint density at radius 2 is 2.00 bits per heavy atom. The fraction of sp³-hybridized carbons (Fsp3) is 0.450. The van der Waals surface area contributed by atoms with Gasteiger partial charge in [0.1, 0.15) is 5.03 Å². The number of nitrogens with one attached hydrogen (secondary N) is 2. The van der Waals surface area contributed by atoms with E-state index < -0.39 is 17.8 Å². The summed E-state index contributed by atoms with van der Waals surface area (Å²) in [5, 5.41) is 10.5. The molecular weight excluding hydrogens is 431 g/mol. The number of likely N-dealkylation sites (tertiary alicyclic amines) is 1. The average molecular weight is 451 g/mol. The maximum absolute atomic E-state index is 12.8. The highest BCUT2D eigenvalue weighted by molar-refractivity contribution is 7.99. The predicted molar refractivity (Wildman–Crippen MR) is 108 cm³/mol. The lowest BCUT2D eigenvalue weighted by Gasteiger charge is -2.58. The second kappa shape index (κ2) is 7.18. The lowest BCUT2D eigenvalue weighted by molar-refractivity contribution is -0.137. The summed E-state index contributed by atoms with van der Waals surface area (Å²) in [6, 6.07) is 3.95. The Bertz CT molecular complexity index is 1040. The number of thioether (sulfide) groups is 1. The zero-order chi connectivity index (χ0) is 21.8. The normalized spacial score (nSPS) is 19.5. The first kappa shape index (κ1) is 20.2. The third kappa shape index (κ3) is 3.75. The molecule has 0 atom stereocenters. The minimum atomic E-state index is -4.46. The van der Waals surface area contributed by atoms with Crippen LogP contribution < -0.4 is 10.6 Å². The molecule has 1 aromatic heterocycles. The highest BCUT2D eigenvalue weighted by Gasteiger charge is 2.54. The van der Waals surface area contributed by atoms with E-state index in [1.54, 1.807) is 18.0 Å². The summed E-state index contributed by atoms with van der Waals surface area (Å²) >= 11 is 1.65. The number of rotatable bonds is 3. The number of alkyl halides is 3. The number of benzene rings is 1. The second-order valence-electron chi connectivity index (χ2n) is 8.38. The number of anilines is 1. The molecule has 1 saturated carbocycles. The molecule has 11 heteroatoms. The van der Waals surface area contributed by atoms with E-state index in [4.69, 9.17) is 0 Å². The Kier molecular flexibility index (Phi) is 4.68. The first-order valence-electron chi connectivity index (χ1n) is 9.95. The van der Waals surface area contributed by atoms with Gasteiger partial charge in [-0.25, -0.2) is 4.79 Å². The van der Waals surface area contributed by atoms with Crippen molar-refractivity contribution in [3.63, 3.8) is 0 Å². The van der Waals surface area contributed by atoms with Gasteiger partial charge in [-0.2, -0.15) is 18.3 Å². The van der Waals surface area contributed by atoms with Crippen LogP contribution in [0.25, 0.3) is 0 Å². The molecule has 0 radical (unpaired) electrons. The number of halogens is 3. The topological polar surface area (TPSA) is 79.3 Å². The molecule has 3 heterocycles. The highest BCUT2D eigenvalue weighted by atomic mass is 32.2. The summed E-state index contributed by atoms with van der Waals surface area (Å²) in [6.07, 6.45) is -1.34. The largest absolute Gasteiger partial charge is 0.416 e. The summed E-state index contributed by atoms with van der Waals surface area (Å²) in [6.45, 7) is 2.12. The third-order valence-electron chi connectivity index (χ3n) is 6.04. The number of aryl methyl sites for hydroxylation is 1. The van der Waals surface area contributed by atoms with Crippen LogP contribution in [0.5, 0.6) is 0 Å². The van der Waals surface area contributed by atoms with Crippen LogP contribution in [0.4, 0.5) is 23.7 Å². The summed E-state index contributed by atoms with van der Waals surface area (Å²) < 4.78 is 40.2. The number of aromatic nitrogens is 2. The van der Waals surface area contributed by atoms with Crippen LogP contribution in [-0.2, 0) is 12.7 Å². The molecule has 2 aliphatic heterocycles. The molecule has 0 bridgehead atoms. The van der Waals surface area contributed by atoms with Gasteiger partial charge in [0, 0.05) is 36.0 Å². The van der Waals surface area contributed by atoms with Crippen LogP contribution in [0.3, 0.4) is 0 Å². The van der Waals surface area contributed by atoms with Gasteiger partial charge >= 0.3 is 12.2 Å². The average Bonchev–Trinajstić information content (AvgIpc) is 3.25. The first-order chi connectivity index (χ1) is 14.7. The van der Waals surface area contributed by atoms with Crippen LogP contribution >= 0.6 is 11.8 Å². The van der Waals surface area contributed by atoms with E-state index in [1.165, 1.54) is 12.1 Å². The van der Waals surface area contributed by atoms with E-state index in [2.05, 4.69) is 15.7 Å². The van der Waals surface area contributed by atoms with Gasteiger partial charge < -0.3 is 15.5 Å². The van der Waals surface area contributed by atoms with Gasteiger partial charge in [0.05, 0.1) is 23.9 Å². The maximum Gasteiger partial charge on any atom is 0.416 e. The lowest BCUT2D eigenvalue weighted by Crippen LogP contribution is -2.67. The van der Waals surface area contributed by atoms with Crippen molar-refractivity contribution >= 4 is 29.4 Å². The van der Waals surface area contributed by atoms with Gasteiger partial charge in [0.2, 0.25) is 0 Å². The fourth-order valence-electron chi connectivity index (χ4n) is 4.61. The number of urea groups is 1. The number of hydrogen-bond acceptors (Lipinski definition) is 4. The van der Waals surface area contributed by atoms with Gasteiger partial charge in [-0.15, -0.1) is 11.8 Å². The van der Waals surface area contributed by atoms with Crippen LogP contribution in [0.2, 0.25) is 0 Å². The quantitative estimate of drug-likeness (QED) is 0.750. The summed E-state index contributed by atoms with van der Waals surface area (Å²) in [5.74, 6) is 0.934. The molecule has 31 heavy (non-hydrogen) atoms. The molecule has 2 fully saturated rings. The van der Waals surface area contributed by atoms with E-state index >= 15 is 0 Å². The molecule has 1 saturated heterocycles. The fourth-order valence-corrected chi connectivity index (χ4v) is 5.65. The molecule has 0 unspecified atom stereocenters. The van der Waals surface area contributed by atoms with Gasteiger partial charge in [0.15, 0.2) is 0 Å². The Hall–Kier alpha value is -2.69. The van der Waals surface area contributed by atoms with E-state index in [-0.39, 0.29) is 23.1 Å². The minimum Gasteiger partial charge on any atom is -0.337 e. The van der Waals surface area contributed by atoms with Crippen molar-refractivity contribution < 1.29 is 22.8 Å². The maximum atomic E-state index is 12.8. The van der Waals surface area contributed by atoms with Crippen LogP contribution in [0, 0.1) is 5.41 Å². The number of carbonyl (C=O) groups is 2. The molecule has 3 amide bonds. The standard InChI is InChI=1S/C20H20F3N5O2S/c21-20(22,23)12-2-1-3-13(6-12)25-18(30)26-14-7-19(8-14)10-27(11-19)16(29)15-9-24-28-4-5-31-17(15)28/h1-3,6,9,14H,4-5,7-8,10-11H2,(H2,25,26,30). The van der Waals surface area contributed by atoms with Crippen molar-refractivity contribution in [2.24, 2.45) is 5.41 Å². The van der Waals surface area contributed by atoms with Crippen molar-refractivity contribution in [2.75, 3.05) is 24.2 Å². The van der Waals surface area contributed by atoms with Gasteiger partial charge in [-0.05, 0) is 31.0 Å². The van der Waals surface area contributed by atoms with E-state index in [0.29, 0.717) is 18.7 Å². The Morgan fingerprint density at radius 1 is 1.23 bits per heavy atom. The molecule has 5 rings (SSSR count). The highest BCUT2D eigenvalue weighted by Crippen LogP contribution is 2.49. The molecule has 164 valence electrons. The van der Waals surface area contributed by atoms with Gasteiger partial charge in [-0.3, -0.25) is 9.48 Å². The molecule has 2 N–H and O–H groups in total. The SMILES string of the molecule is O=C(Nc1cccc(C(F)(F)F)c1)NC1CC2(C1)CN(C(=O)c1cnn3c1SCC3)C2. The Labute approximate surface area is 180 Å². The van der Waals surface area contributed by atoms with Crippen molar-refractivity contribution in [3.05, 3.63) is 41.6 Å². The van der Waals surface area contributed by atoms with Crippen molar-refractivity contribution in [2.45, 2.75) is 36.6 Å². The van der Waals surface area contributed by atoms with Crippen LogP contribution in [-0.4, -0.2) is 51.5 Å². The van der Waals surface area contributed by atoms with E-state index in [1.807, 2.05) is 9.58 Å². The summed E-state index contributed by atoms with van der Waals surface area (Å²) in [7, 11) is 0. The van der Waals surface area contributed by atoms with Gasteiger partial charge in [-0.1, -0.05) is 6.07 Å². The first-order valence-corrected chi connectivity index (χ1v) is 10.9. The molecule has 3 aliphatic rings. The number of carbonyl (C=O) groups excluding carboxylic acids is 2.